The van der Waals surface area contributed by atoms with E-state index in [0.29, 0.717) is 18.1 Å². The minimum Gasteiger partial charge on any atom is -0.477 e. The third-order valence-electron chi connectivity index (χ3n) is 2.79. The van der Waals surface area contributed by atoms with Gasteiger partial charge in [0.2, 0.25) is 5.88 Å². The zero-order valence-electron chi connectivity index (χ0n) is 12.1. The predicted molar refractivity (Wildman–Crippen MR) is 82.2 cm³/mol. The summed E-state index contributed by atoms with van der Waals surface area (Å²) in [5.41, 5.74) is 0.764. The van der Waals surface area contributed by atoms with Gasteiger partial charge in [-0.05, 0) is 39.8 Å². The van der Waals surface area contributed by atoms with Crippen molar-refractivity contribution in [2.24, 2.45) is 0 Å². The lowest BCUT2D eigenvalue weighted by Crippen LogP contribution is -2.36. The highest BCUT2D eigenvalue weighted by atomic mass is 32.1. The number of nitriles is 1. The molecule has 0 spiro atoms. The summed E-state index contributed by atoms with van der Waals surface area (Å²) in [5, 5.41) is 15.2. The molecule has 0 atom stereocenters. The van der Waals surface area contributed by atoms with E-state index in [4.69, 9.17) is 10.00 Å². The van der Waals surface area contributed by atoms with Crippen molar-refractivity contribution in [1.82, 2.24) is 10.3 Å². The lowest BCUT2D eigenvalue weighted by Gasteiger charge is -2.20. The second-order valence-corrected chi connectivity index (χ2v) is 6.54. The topological polar surface area (TPSA) is 57.9 Å². The maximum atomic E-state index is 9.11. The van der Waals surface area contributed by atoms with E-state index in [-0.39, 0.29) is 5.54 Å². The smallest absolute Gasteiger partial charge is 0.223 e. The fourth-order valence-corrected chi connectivity index (χ4v) is 2.72. The normalized spacial score (nSPS) is 11.5. The summed E-state index contributed by atoms with van der Waals surface area (Å²) in [6.07, 6.45) is 2.63. The maximum absolute atomic E-state index is 9.11. The third kappa shape index (κ3) is 3.69. The van der Waals surface area contributed by atoms with Gasteiger partial charge in [0.1, 0.15) is 6.07 Å². The molecule has 0 saturated carbocycles. The maximum Gasteiger partial charge on any atom is 0.223 e. The molecule has 1 N–H and O–H groups in total. The van der Waals surface area contributed by atoms with Gasteiger partial charge >= 0.3 is 0 Å². The zero-order valence-corrected chi connectivity index (χ0v) is 12.9. The van der Waals surface area contributed by atoms with Gasteiger partial charge in [0, 0.05) is 21.8 Å². The van der Waals surface area contributed by atoms with Crippen LogP contribution in [0.3, 0.4) is 0 Å². The van der Waals surface area contributed by atoms with Gasteiger partial charge in [0.15, 0.2) is 0 Å². The van der Waals surface area contributed by atoms with Gasteiger partial charge in [-0.15, -0.1) is 11.3 Å². The fraction of sp³-hybridized carbons (Fsp3) is 0.467. The minimum atomic E-state index is 0.125. The number of aromatic nitrogens is 1. The first-order valence-corrected chi connectivity index (χ1v) is 7.53. The molecule has 2 aromatic rings. The number of ether oxygens (including phenoxy) is 1. The van der Waals surface area contributed by atoms with Crippen LogP contribution in [0.25, 0.3) is 10.1 Å². The van der Waals surface area contributed by atoms with Crippen LogP contribution in [0.4, 0.5) is 0 Å². The van der Waals surface area contributed by atoms with E-state index in [1.165, 1.54) is 0 Å². The Hall–Kier alpha value is -1.64. The van der Waals surface area contributed by atoms with Crippen molar-refractivity contribution in [3.63, 3.8) is 0 Å². The standard InChI is InChI=1S/C15H19N3OS/c1-15(2,3)18-6-4-8-19-14-13-11(9-16)10-20-12(13)5-7-17-14/h5,7,10,18H,4,6,8H2,1-3H3. The summed E-state index contributed by atoms with van der Waals surface area (Å²) < 4.78 is 6.78. The van der Waals surface area contributed by atoms with Crippen LogP contribution < -0.4 is 10.1 Å². The van der Waals surface area contributed by atoms with Crippen LogP contribution in [-0.4, -0.2) is 23.7 Å². The quantitative estimate of drug-likeness (QED) is 0.858. The fourth-order valence-electron chi connectivity index (χ4n) is 1.85. The van der Waals surface area contributed by atoms with E-state index in [1.807, 2.05) is 11.4 Å². The summed E-state index contributed by atoms with van der Waals surface area (Å²) >= 11 is 1.54. The molecule has 0 fully saturated rings. The van der Waals surface area contributed by atoms with Crippen molar-refractivity contribution >= 4 is 21.4 Å². The Balaban J connectivity index is 1.97. The molecule has 0 radical (unpaired) electrons. The van der Waals surface area contributed by atoms with E-state index < -0.39 is 0 Å². The lowest BCUT2D eigenvalue weighted by molar-refractivity contribution is 0.292. The molecule has 0 saturated heterocycles. The molecule has 0 unspecified atom stereocenters. The monoisotopic (exact) mass is 289 g/mol. The average molecular weight is 289 g/mol. The van der Waals surface area contributed by atoms with Crippen LogP contribution in [0.15, 0.2) is 17.6 Å². The summed E-state index contributed by atoms with van der Waals surface area (Å²) in [7, 11) is 0. The molecule has 2 heterocycles. The number of nitrogens with zero attached hydrogens (tertiary/aromatic N) is 2. The number of fused-ring (bicyclic) bond motifs is 1. The van der Waals surface area contributed by atoms with Crippen LogP contribution in [0.1, 0.15) is 32.8 Å². The van der Waals surface area contributed by atoms with Gasteiger partial charge in [-0.1, -0.05) is 0 Å². The van der Waals surface area contributed by atoms with Crippen LogP contribution in [-0.2, 0) is 0 Å². The molecule has 0 amide bonds. The molecule has 0 aliphatic rings. The lowest BCUT2D eigenvalue weighted by atomic mass is 10.1. The molecule has 0 aromatic carbocycles. The molecule has 0 aliphatic heterocycles. The molecule has 2 aromatic heterocycles. The van der Waals surface area contributed by atoms with E-state index in [2.05, 4.69) is 37.1 Å². The highest BCUT2D eigenvalue weighted by Crippen LogP contribution is 2.31. The molecule has 0 aliphatic carbocycles. The first-order chi connectivity index (χ1) is 9.51. The Kier molecular flexibility index (Phi) is 4.58. The third-order valence-corrected chi connectivity index (χ3v) is 3.73. The van der Waals surface area contributed by atoms with Crippen molar-refractivity contribution in [2.45, 2.75) is 32.7 Å². The summed E-state index contributed by atoms with van der Waals surface area (Å²) in [5.74, 6) is 0.566. The Labute approximate surface area is 123 Å². The van der Waals surface area contributed by atoms with Crippen molar-refractivity contribution < 1.29 is 4.74 Å². The molecule has 106 valence electrons. The highest BCUT2D eigenvalue weighted by Gasteiger charge is 2.11. The molecule has 4 nitrogen and oxygen atoms in total. The van der Waals surface area contributed by atoms with Crippen LogP contribution in [0.5, 0.6) is 5.88 Å². The highest BCUT2D eigenvalue weighted by molar-refractivity contribution is 7.17. The molecule has 5 heteroatoms. The van der Waals surface area contributed by atoms with Gasteiger partial charge in [0.25, 0.3) is 0 Å². The van der Waals surface area contributed by atoms with Crippen molar-refractivity contribution in [2.75, 3.05) is 13.2 Å². The first kappa shape index (κ1) is 14.8. The predicted octanol–water partition coefficient (Wildman–Crippen LogP) is 3.32. The van der Waals surface area contributed by atoms with Gasteiger partial charge < -0.3 is 10.1 Å². The van der Waals surface area contributed by atoms with Crippen molar-refractivity contribution in [1.29, 1.82) is 5.26 Å². The summed E-state index contributed by atoms with van der Waals surface area (Å²) in [4.78, 5) is 4.25. The number of rotatable bonds is 5. The first-order valence-electron chi connectivity index (χ1n) is 6.65. The molecule has 20 heavy (non-hydrogen) atoms. The van der Waals surface area contributed by atoms with E-state index >= 15 is 0 Å². The molecular formula is C15H19N3OS. The van der Waals surface area contributed by atoms with Crippen molar-refractivity contribution in [3.8, 4) is 11.9 Å². The number of thiophene rings is 1. The van der Waals surface area contributed by atoms with Gasteiger partial charge in [0.05, 0.1) is 17.6 Å². The van der Waals surface area contributed by atoms with E-state index in [0.717, 1.165) is 23.1 Å². The van der Waals surface area contributed by atoms with Gasteiger partial charge in [-0.2, -0.15) is 5.26 Å². The summed E-state index contributed by atoms with van der Waals surface area (Å²) in [6.45, 7) is 7.91. The Morgan fingerprint density at radius 2 is 2.25 bits per heavy atom. The van der Waals surface area contributed by atoms with E-state index in [1.54, 1.807) is 17.5 Å². The number of nitrogens with one attached hydrogen (secondary N) is 1. The SMILES string of the molecule is CC(C)(C)NCCCOc1nccc2scc(C#N)c12. The summed E-state index contributed by atoms with van der Waals surface area (Å²) in [6, 6.07) is 4.10. The Morgan fingerprint density at radius 1 is 1.45 bits per heavy atom. The zero-order chi connectivity index (χ0) is 14.6. The Morgan fingerprint density at radius 3 is 2.95 bits per heavy atom. The van der Waals surface area contributed by atoms with Gasteiger partial charge in [-0.3, -0.25) is 0 Å². The molecular weight excluding hydrogens is 270 g/mol. The van der Waals surface area contributed by atoms with Crippen LogP contribution >= 0.6 is 11.3 Å². The van der Waals surface area contributed by atoms with Gasteiger partial charge in [-0.25, -0.2) is 4.98 Å². The average Bonchev–Trinajstić information content (AvgIpc) is 2.81. The van der Waals surface area contributed by atoms with E-state index in [9.17, 15) is 0 Å². The Bertz CT molecular complexity index is 622. The molecule has 2 rings (SSSR count). The molecule has 0 bridgehead atoms. The van der Waals surface area contributed by atoms with Crippen LogP contribution in [0, 0.1) is 11.3 Å². The number of pyridine rings is 1. The second kappa shape index (κ2) is 6.21. The second-order valence-electron chi connectivity index (χ2n) is 5.63. The van der Waals surface area contributed by atoms with Crippen LogP contribution in [0.2, 0.25) is 0 Å². The number of hydrogen-bond acceptors (Lipinski definition) is 5. The largest absolute Gasteiger partial charge is 0.477 e. The number of hydrogen-bond donors (Lipinski definition) is 1. The minimum absolute atomic E-state index is 0.125. The van der Waals surface area contributed by atoms with Crippen molar-refractivity contribution in [3.05, 3.63) is 23.2 Å².